The summed E-state index contributed by atoms with van der Waals surface area (Å²) in [5.74, 6) is 0. The second-order valence-electron chi connectivity index (χ2n) is 2.72. The van der Waals surface area contributed by atoms with Crippen molar-refractivity contribution >= 4 is 6.09 Å². The lowest BCUT2D eigenvalue weighted by Gasteiger charge is -2.14. The zero-order chi connectivity index (χ0) is 10.1. The van der Waals surface area contributed by atoms with Gasteiger partial charge in [-0.25, -0.2) is 4.79 Å². The Morgan fingerprint density at radius 1 is 1.54 bits per heavy atom. The molecule has 0 aliphatic rings. The number of primary amides is 1. The van der Waals surface area contributed by atoms with Crippen LogP contribution in [0.4, 0.5) is 4.79 Å². The standard InChI is InChI=1S/C8H18N2O3/c1-2-3-4-12-6-7(5-9)13-8(10)11/h7H,2-6,9H2,1H3,(H2,10,11). The van der Waals surface area contributed by atoms with E-state index in [1.165, 1.54) is 0 Å². The maximum Gasteiger partial charge on any atom is 0.404 e. The van der Waals surface area contributed by atoms with Crippen molar-refractivity contribution in [3.05, 3.63) is 0 Å². The molecule has 13 heavy (non-hydrogen) atoms. The average molecular weight is 190 g/mol. The molecule has 0 aromatic heterocycles. The molecule has 0 spiro atoms. The van der Waals surface area contributed by atoms with E-state index in [0.29, 0.717) is 13.2 Å². The first-order valence-electron chi connectivity index (χ1n) is 4.44. The van der Waals surface area contributed by atoms with Crippen LogP contribution in [0.5, 0.6) is 0 Å². The number of hydrogen-bond donors (Lipinski definition) is 2. The summed E-state index contributed by atoms with van der Waals surface area (Å²) in [6.45, 7) is 3.29. The molecule has 5 heteroatoms. The van der Waals surface area contributed by atoms with Crippen LogP contribution in [0.2, 0.25) is 0 Å². The van der Waals surface area contributed by atoms with Crippen molar-refractivity contribution in [2.24, 2.45) is 11.5 Å². The number of carbonyl (C=O) groups excluding carboxylic acids is 1. The molecule has 0 radical (unpaired) electrons. The quantitative estimate of drug-likeness (QED) is 0.562. The van der Waals surface area contributed by atoms with Crippen molar-refractivity contribution in [1.82, 2.24) is 0 Å². The maximum atomic E-state index is 10.3. The number of hydrogen-bond acceptors (Lipinski definition) is 4. The minimum atomic E-state index is -0.811. The molecule has 4 N–H and O–H groups in total. The van der Waals surface area contributed by atoms with Crippen LogP contribution in [-0.2, 0) is 9.47 Å². The molecule has 78 valence electrons. The second kappa shape index (κ2) is 7.82. The van der Waals surface area contributed by atoms with Gasteiger partial charge >= 0.3 is 6.09 Å². The fourth-order valence-corrected chi connectivity index (χ4v) is 0.776. The highest BCUT2D eigenvalue weighted by Gasteiger charge is 2.09. The third-order valence-corrected chi connectivity index (χ3v) is 1.49. The van der Waals surface area contributed by atoms with Gasteiger partial charge in [-0.15, -0.1) is 0 Å². The lowest BCUT2D eigenvalue weighted by Crippen LogP contribution is -2.33. The minimum Gasteiger partial charge on any atom is -0.443 e. The zero-order valence-electron chi connectivity index (χ0n) is 7.99. The van der Waals surface area contributed by atoms with E-state index in [1.807, 2.05) is 0 Å². The van der Waals surface area contributed by atoms with Gasteiger partial charge in [0.05, 0.1) is 6.61 Å². The van der Waals surface area contributed by atoms with Crippen molar-refractivity contribution in [3.63, 3.8) is 0 Å². The van der Waals surface area contributed by atoms with Crippen LogP contribution in [-0.4, -0.2) is 32.0 Å². The monoisotopic (exact) mass is 190 g/mol. The molecule has 1 atom stereocenters. The summed E-state index contributed by atoms with van der Waals surface area (Å²) in [6.07, 6.45) is 0.835. The molecule has 0 aromatic rings. The summed E-state index contributed by atoms with van der Waals surface area (Å²) >= 11 is 0. The molecule has 1 unspecified atom stereocenters. The normalized spacial score (nSPS) is 12.5. The van der Waals surface area contributed by atoms with Crippen LogP contribution < -0.4 is 11.5 Å². The third-order valence-electron chi connectivity index (χ3n) is 1.49. The van der Waals surface area contributed by atoms with E-state index < -0.39 is 12.2 Å². The van der Waals surface area contributed by atoms with E-state index in [2.05, 4.69) is 11.7 Å². The lowest BCUT2D eigenvalue weighted by molar-refractivity contribution is 0.0267. The summed E-state index contributed by atoms with van der Waals surface area (Å²) in [6, 6.07) is 0. The van der Waals surface area contributed by atoms with Crippen molar-refractivity contribution in [1.29, 1.82) is 0 Å². The topological polar surface area (TPSA) is 87.6 Å². The number of amides is 1. The third kappa shape index (κ3) is 7.55. The number of nitrogens with two attached hydrogens (primary N) is 2. The molecule has 1 amide bonds. The Morgan fingerprint density at radius 3 is 2.69 bits per heavy atom. The summed E-state index contributed by atoms with van der Waals surface area (Å²) < 4.78 is 9.88. The van der Waals surface area contributed by atoms with Crippen LogP contribution in [0, 0.1) is 0 Å². The fourth-order valence-electron chi connectivity index (χ4n) is 0.776. The number of ether oxygens (including phenoxy) is 2. The van der Waals surface area contributed by atoms with Gasteiger partial charge in [-0.2, -0.15) is 0 Å². The Labute approximate surface area is 78.4 Å². The van der Waals surface area contributed by atoms with E-state index >= 15 is 0 Å². The van der Waals surface area contributed by atoms with Crippen molar-refractivity contribution < 1.29 is 14.3 Å². The molecule has 0 fully saturated rings. The van der Waals surface area contributed by atoms with Gasteiger partial charge in [0.25, 0.3) is 0 Å². The van der Waals surface area contributed by atoms with Crippen LogP contribution in [0.1, 0.15) is 19.8 Å². The highest BCUT2D eigenvalue weighted by molar-refractivity contribution is 5.64. The molecule has 0 saturated heterocycles. The summed E-state index contributed by atoms with van der Waals surface area (Å²) in [4.78, 5) is 10.3. The first-order valence-corrected chi connectivity index (χ1v) is 4.44. The van der Waals surface area contributed by atoms with Gasteiger partial charge in [0.1, 0.15) is 6.10 Å². The van der Waals surface area contributed by atoms with Crippen molar-refractivity contribution in [3.8, 4) is 0 Å². The highest BCUT2D eigenvalue weighted by atomic mass is 16.6. The summed E-state index contributed by atoms with van der Waals surface area (Å²) in [5.41, 5.74) is 10.2. The van der Waals surface area contributed by atoms with E-state index in [1.54, 1.807) is 0 Å². The minimum absolute atomic E-state index is 0.231. The summed E-state index contributed by atoms with van der Waals surface area (Å²) in [7, 11) is 0. The van der Waals surface area contributed by atoms with E-state index in [4.69, 9.17) is 16.2 Å². The molecular formula is C8H18N2O3. The Morgan fingerprint density at radius 2 is 2.23 bits per heavy atom. The summed E-state index contributed by atoms with van der Waals surface area (Å²) in [5, 5.41) is 0. The lowest BCUT2D eigenvalue weighted by atomic mass is 10.3. The Balaban J connectivity index is 3.42. The SMILES string of the molecule is CCCCOCC(CN)OC(N)=O. The molecular weight excluding hydrogens is 172 g/mol. The predicted molar refractivity (Wildman–Crippen MR) is 49.2 cm³/mol. The molecule has 0 saturated carbocycles. The van der Waals surface area contributed by atoms with Crippen LogP contribution in [0.15, 0.2) is 0 Å². The maximum absolute atomic E-state index is 10.3. The Kier molecular flexibility index (Phi) is 7.33. The van der Waals surface area contributed by atoms with Gasteiger partial charge < -0.3 is 20.9 Å². The van der Waals surface area contributed by atoms with Gasteiger partial charge in [-0.1, -0.05) is 13.3 Å². The van der Waals surface area contributed by atoms with E-state index in [-0.39, 0.29) is 6.54 Å². The van der Waals surface area contributed by atoms with Crippen molar-refractivity contribution in [2.75, 3.05) is 19.8 Å². The average Bonchev–Trinajstić information content (AvgIpc) is 2.09. The van der Waals surface area contributed by atoms with Gasteiger partial charge in [0, 0.05) is 13.2 Å². The first kappa shape index (κ1) is 12.2. The molecule has 0 aliphatic carbocycles. The van der Waals surface area contributed by atoms with Gasteiger partial charge in [-0.3, -0.25) is 0 Å². The zero-order valence-corrected chi connectivity index (χ0v) is 7.99. The Hall–Kier alpha value is -0.810. The predicted octanol–water partition coefficient (Wildman–Crippen LogP) is 0.226. The fraction of sp³-hybridized carbons (Fsp3) is 0.875. The first-order chi connectivity index (χ1) is 6.20. The van der Waals surface area contributed by atoms with E-state index in [9.17, 15) is 4.79 Å². The van der Waals surface area contributed by atoms with E-state index in [0.717, 1.165) is 12.8 Å². The van der Waals surface area contributed by atoms with Crippen LogP contribution in [0.25, 0.3) is 0 Å². The molecule has 0 heterocycles. The number of unbranched alkanes of at least 4 members (excludes halogenated alkanes) is 1. The van der Waals surface area contributed by atoms with Crippen LogP contribution in [0.3, 0.4) is 0 Å². The smallest absolute Gasteiger partial charge is 0.404 e. The second-order valence-corrected chi connectivity index (χ2v) is 2.72. The van der Waals surface area contributed by atoms with Crippen LogP contribution >= 0.6 is 0 Å². The molecule has 0 bridgehead atoms. The van der Waals surface area contributed by atoms with Gasteiger partial charge in [-0.05, 0) is 6.42 Å². The Bertz CT molecular complexity index is 141. The highest BCUT2D eigenvalue weighted by Crippen LogP contribution is 1.94. The number of carbonyl (C=O) groups is 1. The number of rotatable bonds is 7. The van der Waals surface area contributed by atoms with Crippen molar-refractivity contribution in [2.45, 2.75) is 25.9 Å². The van der Waals surface area contributed by atoms with Gasteiger partial charge in [0.2, 0.25) is 0 Å². The molecule has 0 aromatic carbocycles. The molecule has 0 rings (SSSR count). The molecule has 5 nitrogen and oxygen atoms in total. The molecule has 0 aliphatic heterocycles. The van der Waals surface area contributed by atoms with Gasteiger partial charge in [0.15, 0.2) is 0 Å². The largest absolute Gasteiger partial charge is 0.443 e.